The van der Waals surface area contributed by atoms with E-state index in [1.54, 1.807) is 6.20 Å². The third kappa shape index (κ3) is 1.73. The van der Waals surface area contributed by atoms with E-state index in [2.05, 4.69) is 10.5 Å². The highest BCUT2D eigenvalue weighted by atomic mass is 16.5. The van der Waals surface area contributed by atoms with Crippen LogP contribution in [0.15, 0.2) is 10.7 Å². The molecule has 0 bridgehead atoms. The molecule has 13 heavy (non-hydrogen) atoms. The van der Waals surface area contributed by atoms with E-state index in [-0.39, 0.29) is 6.10 Å². The molecule has 1 unspecified atom stereocenters. The van der Waals surface area contributed by atoms with Crippen LogP contribution in [0, 0.1) is 0 Å². The van der Waals surface area contributed by atoms with Gasteiger partial charge in [0.1, 0.15) is 6.10 Å². The number of aromatic nitrogens is 1. The van der Waals surface area contributed by atoms with Crippen molar-refractivity contribution in [1.82, 2.24) is 10.5 Å². The molecule has 1 aliphatic rings. The number of rotatable bonds is 3. The lowest BCUT2D eigenvalue weighted by atomic mass is 10.1. The molecule has 0 aromatic carbocycles. The summed E-state index contributed by atoms with van der Waals surface area (Å²) in [6.45, 7) is 1.63. The Morgan fingerprint density at radius 3 is 3.31 bits per heavy atom. The summed E-state index contributed by atoms with van der Waals surface area (Å²) in [5.41, 5.74) is 1.11. The Hall–Kier alpha value is -0.870. The van der Waals surface area contributed by atoms with Crippen molar-refractivity contribution in [2.45, 2.75) is 25.5 Å². The Bertz CT molecular complexity index is 266. The predicted molar refractivity (Wildman–Crippen MR) is 47.2 cm³/mol. The van der Waals surface area contributed by atoms with Gasteiger partial charge in [0.2, 0.25) is 0 Å². The first-order valence-electron chi connectivity index (χ1n) is 4.61. The largest absolute Gasteiger partial charge is 0.370 e. The van der Waals surface area contributed by atoms with Crippen LogP contribution in [-0.2, 0) is 11.3 Å². The number of hydrogen-bond acceptors (Lipinski definition) is 4. The fourth-order valence-corrected chi connectivity index (χ4v) is 1.64. The Kier molecular flexibility index (Phi) is 2.61. The fourth-order valence-electron chi connectivity index (χ4n) is 1.64. The molecule has 1 N–H and O–H groups in total. The molecule has 0 saturated carbocycles. The van der Waals surface area contributed by atoms with Crippen molar-refractivity contribution in [2.75, 3.05) is 13.7 Å². The van der Waals surface area contributed by atoms with E-state index in [1.165, 1.54) is 0 Å². The van der Waals surface area contributed by atoms with Crippen LogP contribution in [0.3, 0.4) is 0 Å². The van der Waals surface area contributed by atoms with E-state index in [4.69, 9.17) is 9.26 Å². The van der Waals surface area contributed by atoms with Crippen LogP contribution < -0.4 is 5.32 Å². The van der Waals surface area contributed by atoms with Crippen molar-refractivity contribution in [3.63, 3.8) is 0 Å². The van der Waals surface area contributed by atoms with E-state index >= 15 is 0 Å². The molecule has 2 heterocycles. The first-order chi connectivity index (χ1) is 6.42. The van der Waals surface area contributed by atoms with Crippen molar-refractivity contribution in [3.8, 4) is 0 Å². The summed E-state index contributed by atoms with van der Waals surface area (Å²) < 4.78 is 10.7. The van der Waals surface area contributed by atoms with Gasteiger partial charge in [-0.1, -0.05) is 5.16 Å². The minimum absolute atomic E-state index is 0.130. The molecule has 0 radical (unpaired) electrons. The van der Waals surface area contributed by atoms with E-state index in [0.29, 0.717) is 0 Å². The maximum atomic E-state index is 5.52. The van der Waals surface area contributed by atoms with Crippen LogP contribution in [0.2, 0.25) is 0 Å². The normalized spacial score (nSPS) is 22.4. The zero-order valence-corrected chi connectivity index (χ0v) is 7.75. The third-order valence-corrected chi connectivity index (χ3v) is 2.27. The van der Waals surface area contributed by atoms with Gasteiger partial charge in [-0.3, -0.25) is 0 Å². The quantitative estimate of drug-likeness (QED) is 0.764. The van der Waals surface area contributed by atoms with Crippen LogP contribution in [0.4, 0.5) is 0 Å². The molecule has 1 aromatic rings. The smallest absolute Gasteiger partial charge is 0.169 e. The molecule has 1 aliphatic heterocycles. The van der Waals surface area contributed by atoms with Crippen molar-refractivity contribution < 1.29 is 9.26 Å². The molecule has 0 aliphatic carbocycles. The van der Waals surface area contributed by atoms with E-state index in [9.17, 15) is 0 Å². The summed E-state index contributed by atoms with van der Waals surface area (Å²) in [6, 6.07) is 0. The van der Waals surface area contributed by atoms with Gasteiger partial charge >= 0.3 is 0 Å². The zero-order valence-electron chi connectivity index (χ0n) is 7.75. The summed E-state index contributed by atoms with van der Waals surface area (Å²) >= 11 is 0. The first-order valence-corrected chi connectivity index (χ1v) is 4.61. The minimum Gasteiger partial charge on any atom is -0.370 e. The molecule has 1 atom stereocenters. The molecule has 2 rings (SSSR count). The van der Waals surface area contributed by atoms with Gasteiger partial charge in [0.25, 0.3) is 0 Å². The van der Waals surface area contributed by atoms with Crippen LogP contribution in [0.5, 0.6) is 0 Å². The lowest BCUT2D eigenvalue weighted by Crippen LogP contribution is -2.07. The molecule has 4 heteroatoms. The van der Waals surface area contributed by atoms with Gasteiger partial charge in [-0.2, -0.15) is 0 Å². The van der Waals surface area contributed by atoms with Crippen molar-refractivity contribution >= 4 is 0 Å². The predicted octanol–water partition coefficient (Wildman–Crippen LogP) is 1.25. The lowest BCUT2D eigenvalue weighted by molar-refractivity contribution is 0.0868. The highest BCUT2D eigenvalue weighted by Gasteiger charge is 2.24. The molecule has 72 valence electrons. The topological polar surface area (TPSA) is 47.3 Å². The van der Waals surface area contributed by atoms with Crippen molar-refractivity contribution in [2.24, 2.45) is 0 Å². The zero-order chi connectivity index (χ0) is 9.10. The average Bonchev–Trinajstić information content (AvgIpc) is 2.71. The maximum absolute atomic E-state index is 5.52. The molecule has 1 aromatic heterocycles. The van der Waals surface area contributed by atoms with Gasteiger partial charge in [0.15, 0.2) is 5.76 Å². The molecule has 1 fully saturated rings. The highest BCUT2D eigenvalue weighted by molar-refractivity contribution is 5.16. The summed E-state index contributed by atoms with van der Waals surface area (Å²) in [7, 11) is 1.91. The van der Waals surface area contributed by atoms with Gasteiger partial charge in [0, 0.05) is 18.7 Å². The van der Waals surface area contributed by atoms with Crippen molar-refractivity contribution in [1.29, 1.82) is 0 Å². The van der Waals surface area contributed by atoms with Crippen LogP contribution >= 0.6 is 0 Å². The summed E-state index contributed by atoms with van der Waals surface area (Å²) in [5.74, 6) is 0.895. The average molecular weight is 182 g/mol. The summed E-state index contributed by atoms with van der Waals surface area (Å²) in [6.07, 6.45) is 4.05. The number of ether oxygens (including phenoxy) is 1. The summed E-state index contributed by atoms with van der Waals surface area (Å²) in [5, 5.41) is 6.87. The molecule has 4 nitrogen and oxygen atoms in total. The van der Waals surface area contributed by atoms with Crippen LogP contribution in [-0.4, -0.2) is 18.8 Å². The molecular weight excluding hydrogens is 168 g/mol. The SMILES string of the molecule is CNCc1cnoc1C1CCCO1. The standard InChI is InChI=1S/C9H14N2O2/c1-10-5-7-6-11-13-9(7)8-3-2-4-12-8/h6,8,10H,2-5H2,1H3. The fraction of sp³-hybridized carbons (Fsp3) is 0.667. The Morgan fingerprint density at radius 1 is 1.69 bits per heavy atom. The second kappa shape index (κ2) is 3.89. The van der Waals surface area contributed by atoms with Crippen LogP contribution in [0.25, 0.3) is 0 Å². The van der Waals surface area contributed by atoms with Gasteiger partial charge in [-0.25, -0.2) is 0 Å². The van der Waals surface area contributed by atoms with E-state index in [0.717, 1.165) is 37.3 Å². The number of hydrogen-bond donors (Lipinski definition) is 1. The van der Waals surface area contributed by atoms with Gasteiger partial charge < -0.3 is 14.6 Å². The number of nitrogens with zero attached hydrogens (tertiary/aromatic N) is 1. The second-order valence-electron chi connectivity index (χ2n) is 3.25. The van der Waals surface area contributed by atoms with Crippen molar-refractivity contribution in [3.05, 3.63) is 17.5 Å². The molecular formula is C9H14N2O2. The maximum Gasteiger partial charge on any atom is 0.169 e. The van der Waals surface area contributed by atoms with Crippen LogP contribution in [0.1, 0.15) is 30.3 Å². The summed E-state index contributed by atoms with van der Waals surface area (Å²) in [4.78, 5) is 0. The first kappa shape index (κ1) is 8.72. The van der Waals surface area contributed by atoms with Gasteiger partial charge in [-0.05, 0) is 19.9 Å². The second-order valence-corrected chi connectivity index (χ2v) is 3.25. The molecule has 0 amide bonds. The minimum atomic E-state index is 0.130. The lowest BCUT2D eigenvalue weighted by Gasteiger charge is -2.06. The molecule has 0 spiro atoms. The van der Waals surface area contributed by atoms with Gasteiger partial charge in [0.05, 0.1) is 6.20 Å². The Morgan fingerprint density at radius 2 is 2.62 bits per heavy atom. The van der Waals surface area contributed by atoms with Gasteiger partial charge in [-0.15, -0.1) is 0 Å². The highest BCUT2D eigenvalue weighted by Crippen LogP contribution is 2.30. The van der Waals surface area contributed by atoms with E-state index < -0.39 is 0 Å². The monoisotopic (exact) mass is 182 g/mol. The Labute approximate surface area is 77.2 Å². The van der Waals surface area contributed by atoms with E-state index in [1.807, 2.05) is 7.05 Å². The third-order valence-electron chi connectivity index (χ3n) is 2.27. The molecule has 1 saturated heterocycles. The number of nitrogens with one attached hydrogen (secondary N) is 1. The Balaban J connectivity index is 2.13.